The normalized spacial score (nSPS) is 10.0. The summed E-state index contributed by atoms with van der Waals surface area (Å²) in [4.78, 5) is 10.4. The Morgan fingerprint density at radius 2 is 2.17 bits per heavy atom. The Balaban J connectivity index is 3.40. The van der Waals surface area contributed by atoms with Gasteiger partial charge in [0.05, 0.1) is 0 Å². The highest BCUT2D eigenvalue weighted by Gasteiger charge is 1.99. The molecular formula is C9H16O2S. The monoisotopic (exact) mass is 188 g/mol. The summed E-state index contributed by atoms with van der Waals surface area (Å²) in [5.41, 5.74) is 0.962. The molecule has 0 fully saturated rings. The van der Waals surface area contributed by atoms with Crippen molar-refractivity contribution in [1.29, 1.82) is 0 Å². The maximum atomic E-state index is 10.4. The number of rotatable bonds is 5. The van der Waals surface area contributed by atoms with Crippen molar-refractivity contribution in [3.05, 3.63) is 12.2 Å². The van der Waals surface area contributed by atoms with Crippen molar-refractivity contribution in [3.63, 3.8) is 0 Å². The van der Waals surface area contributed by atoms with E-state index in [9.17, 15) is 4.79 Å². The molecule has 0 aliphatic rings. The fourth-order valence-corrected chi connectivity index (χ4v) is 1.18. The van der Waals surface area contributed by atoms with Crippen molar-refractivity contribution in [2.45, 2.75) is 26.0 Å². The van der Waals surface area contributed by atoms with Gasteiger partial charge < -0.3 is 4.74 Å². The molecule has 0 saturated carbocycles. The molecular weight excluding hydrogens is 172 g/mol. The van der Waals surface area contributed by atoms with E-state index in [0.717, 1.165) is 11.3 Å². The largest absolute Gasteiger partial charge is 0.461 e. The van der Waals surface area contributed by atoms with Crippen molar-refractivity contribution < 1.29 is 9.53 Å². The lowest BCUT2D eigenvalue weighted by molar-refractivity contribution is -0.139. The van der Waals surface area contributed by atoms with E-state index in [1.54, 1.807) is 11.8 Å². The molecule has 0 atom stereocenters. The van der Waals surface area contributed by atoms with Crippen LogP contribution in [-0.4, -0.2) is 23.6 Å². The third-order valence-electron chi connectivity index (χ3n) is 1.10. The Bertz CT molecular complexity index is 164. The van der Waals surface area contributed by atoms with Crippen LogP contribution in [0.5, 0.6) is 0 Å². The van der Waals surface area contributed by atoms with Crippen LogP contribution >= 0.6 is 11.8 Å². The third-order valence-corrected chi connectivity index (χ3v) is 2.34. The van der Waals surface area contributed by atoms with Gasteiger partial charge in [0.25, 0.3) is 0 Å². The lowest BCUT2D eigenvalue weighted by atomic mass is 10.4. The molecule has 0 N–H and O–H groups in total. The number of ether oxygens (including phenoxy) is 1. The van der Waals surface area contributed by atoms with E-state index in [1.165, 1.54) is 6.92 Å². The minimum atomic E-state index is -0.245. The molecule has 0 aliphatic heterocycles. The second kappa shape index (κ2) is 6.12. The summed E-state index contributed by atoms with van der Waals surface area (Å²) in [7, 11) is 0. The minimum absolute atomic E-state index is 0.245. The van der Waals surface area contributed by atoms with Crippen LogP contribution in [-0.2, 0) is 9.53 Å². The average molecular weight is 188 g/mol. The Hall–Kier alpha value is -0.440. The summed E-state index contributed by atoms with van der Waals surface area (Å²) in [6, 6.07) is 0. The Kier molecular flexibility index (Phi) is 5.89. The number of hydrogen-bond donors (Lipinski definition) is 0. The Morgan fingerprint density at radius 3 is 2.58 bits per heavy atom. The quantitative estimate of drug-likeness (QED) is 0.489. The van der Waals surface area contributed by atoms with Crippen LogP contribution in [0.15, 0.2) is 12.2 Å². The molecule has 0 amide bonds. The minimum Gasteiger partial charge on any atom is -0.461 e. The van der Waals surface area contributed by atoms with Crippen LogP contribution in [0.2, 0.25) is 0 Å². The zero-order valence-corrected chi connectivity index (χ0v) is 8.74. The molecule has 0 aromatic carbocycles. The van der Waals surface area contributed by atoms with E-state index in [0.29, 0.717) is 11.9 Å². The lowest BCUT2D eigenvalue weighted by Gasteiger charge is -2.07. The Morgan fingerprint density at radius 1 is 1.58 bits per heavy atom. The Labute approximate surface area is 78.4 Å². The summed E-state index contributed by atoms with van der Waals surface area (Å²) in [5.74, 6) is 0.621. The van der Waals surface area contributed by atoms with Crippen LogP contribution in [0, 0.1) is 0 Å². The lowest BCUT2D eigenvalue weighted by Crippen LogP contribution is -2.04. The van der Waals surface area contributed by atoms with Gasteiger partial charge >= 0.3 is 5.97 Å². The second-order valence-corrected chi connectivity index (χ2v) is 4.45. The van der Waals surface area contributed by atoms with Gasteiger partial charge in [-0.25, -0.2) is 0 Å². The van der Waals surface area contributed by atoms with Gasteiger partial charge in [-0.1, -0.05) is 20.4 Å². The summed E-state index contributed by atoms with van der Waals surface area (Å²) < 4.78 is 4.78. The van der Waals surface area contributed by atoms with Crippen molar-refractivity contribution in [3.8, 4) is 0 Å². The van der Waals surface area contributed by atoms with Crippen molar-refractivity contribution in [2.75, 3.05) is 12.4 Å². The van der Waals surface area contributed by atoms with Crippen LogP contribution in [0.4, 0.5) is 0 Å². The van der Waals surface area contributed by atoms with Gasteiger partial charge in [0.2, 0.25) is 0 Å². The predicted octanol–water partition coefficient (Wildman–Crippen LogP) is 2.25. The van der Waals surface area contributed by atoms with Gasteiger partial charge in [0.1, 0.15) is 6.61 Å². The highest BCUT2D eigenvalue weighted by Crippen LogP contribution is 2.12. The SMILES string of the molecule is C=C(COC(C)=O)CSC(C)C. The molecule has 12 heavy (non-hydrogen) atoms. The molecule has 2 nitrogen and oxygen atoms in total. The summed E-state index contributed by atoms with van der Waals surface area (Å²) in [5, 5.41) is 0.596. The van der Waals surface area contributed by atoms with Gasteiger partial charge in [-0.2, -0.15) is 11.8 Å². The fraction of sp³-hybridized carbons (Fsp3) is 0.667. The van der Waals surface area contributed by atoms with E-state index in [4.69, 9.17) is 4.74 Å². The fourth-order valence-electron chi connectivity index (χ4n) is 0.530. The van der Waals surface area contributed by atoms with E-state index >= 15 is 0 Å². The number of hydrogen-bond acceptors (Lipinski definition) is 3. The molecule has 0 rings (SSSR count). The zero-order valence-electron chi connectivity index (χ0n) is 7.92. The van der Waals surface area contributed by atoms with E-state index in [2.05, 4.69) is 20.4 Å². The number of carbonyl (C=O) groups excluding carboxylic acids is 1. The third kappa shape index (κ3) is 7.66. The molecule has 0 unspecified atom stereocenters. The summed E-state index contributed by atoms with van der Waals surface area (Å²) in [6.07, 6.45) is 0. The second-order valence-electron chi connectivity index (χ2n) is 2.89. The molecule has 70 valence electrons. The van der Waals surface area contributed by atoms with E-state index < -0.39 is 0 Å². The highest BCUT2D eigenvalue weighted by atomic mass is 32.2. The van der Waals surface area contributed by atoms with E-state index in [1.807, 2.05) is 0 Å². The molecule has 0 spiro atoms. The first-order valence-corrected chi connectivity index (χ1v) is 4.99. The first kappa shape index (κ1) is 11.6. The number of esters is 1. The molecule has 0 aliphatic carbocycles. The first-order valence-electron chi connectivity index (χ1n) is 3.94. The van der Waals surface area contributed by atoms with Crippen LogP contribution in [0.3, 0.4) is 0 Å². The highest BCUT2D eigenvalue weighted by molar-refractivity contribution is 8.00. The van der Waals surface area contributed by atoms with Crippen LogP contribution in [0.1, 0.15) is 20.8 Å². The van der Waals surface area contributed by atoms with Crippen LogP contribution < -0.4 is 0 Å². The van der Waals surface area contributed by atoms with Crippen molar-refractivity contribution in [2.24, 2.45) is 0 Å². The topological polar surface area (TPSA) is 26.3 Å². The maximum Gasteiger partial charge on any atom is 0.302 e. The molecule has 3 heteroatoms. The van der Waals surface area contributed by atoms with Gasteiger partial charge in [-0.3, -0.25) is 4.79 Å². The number of carbonyl (C=O) groups is 1. The smallest absolute Gasteiger partial charge is 0.302 e. The number of thioether (sulfide) groups is 1. The molecule has 0 aromatic rings. The van der Waals surface area contributed by atoms with Gasteiger partial charge in [0.15, 0.2) is 0 Å². The first-order chi connectivity index (χ1) is 5.52. The van der Waals surface area contributed by atoms with Gasteiger partial charge in [0, 0.05) is 12.7 Å². The molecule has 0 radical (unpaired) electrons. The summed E-state index contributed by atoms with van der Waals surface area (Å²) >= 11 is 1.80. The summed E-state index contributed by atoms with van der Waals surface area (Å²) in [6.45, 7) is 9.82. The van der Waals surface area contributed by atoms with Crippen LogP contribution in [0.25, 0.3) is 0 Å². The van der Waals surface area contributed by atoms with Gasteiger partial charge in [-0.15, -0.1) is 0 Å². The standard InChI is InChI=1S/C9H16O2S/c1-7(2)12-6-8(3)5-11-9(4)10/h7H,3,5-6H2,1-2,4H3. The maximum absolute atomic E-state index is 10.4. The van der Waals surface area contributed by atoms with Crippen molar-refractivity contribution >= 4 is 17.7 Å². The average Bonchev–Trinajstić information content (AvgIpc) is 1.96. The molecule has 0 heterocycles. The zero-order chi connectivity index (χ0) is 9.56. The molecule has 0 bridgehead atoms. The van der Waals surface area contributed by atoms with Crippen molar-refractivity contribution in [1.82, 2.24) is 0 Å². The molecule has 0 saturated heterocycles. The predicted molar refractivity (Wildman–Crippen MR) is 53.4 cm³/mol. The van der Waals surface area contributed by atoms with Gasteiger partial charge in [-0.05, 0) is 10.8 Å². The molecule has 0 aromatic heterocycles. The van der Waals surface area contributed by atoms with E-state index in [-0.39, 0.29) is 5.97 Å².